The molecule has 1 N–H and O–H groups in total. The van der Waals surface area contributed by atoms with E-state index >= 15 is 0 Å². The molecule has 4 aromatic rings. The van der Waals surface area contributed by atoms with Crippen LogP contribution in [0.15, 0.2) is 84.9 Å². The van der Waals surface area contributed by atoms with E-state index in [2.05, 4.69) is 39.6 Å². The number of anilines is 2. The first kappa shape index (κ1) is 18.6. The molecule has 144 valence electrons. The summed E-state index contributed by atoms with van der Waals surface area (Å²) in [4.78, 5) is 14.0. The van der Waals surface area contributed by atoms with Crippen LogP contribution < -0.4 is 10.1 Å². The number of rotatable bonds is 7. The zero-order chi connectivity index (χ0) is 19.9. The fourth-order valence-corrected chi connectivity index (χ4v) is 3.07. The molecular formula is C24H22N4O. The zero-order valence-electron chi connectivity index (χ0n) is 16.2. The Kier molecular flexibility index (Phi) is 5.76. The van der Waals surface area contributed by atoms with Crippen LogP contribution in [0, 0.1) is 0 Å². The molecule has 0 fully saturated rings. The summed E-state index contributed by atoms with van der Waals surface area (Å²) in [6, 6.07) is 28.1. The van der Waals surface area contributed by atoms with Gasteiger partial charge >= 0.3 is 0 Å². The lowest BCUT2D eigenvalue weighted by Crippen LogP contribution is -2.09. The summed E-state index contributed by atoms with van der Waals surface area (Å²) >= 11 is 0. The van der Waals surface area contributed by atoms with Crippen molar-refractivity contribution in [3.05, 3.63) is 108 Å². The summed E-state index contributed by atoms with van der Waals surface area (Å²) in [5, 5.41) is 3.29. The number of hydrogen-bond acceptors (Lipinski definition) is 5. The smallest absolute Gasteiger partial charge is 0.230 e. The van der Waals surface area contributed by atoms with Crippen molar-refractivity contribution < 1.29 is 4.74 Å². The zero-order valence-corrected chi connectivity index (χ0v) is 16.2. The van der Waals surface area contributed by atoms with Crippen molar-refractivity contribution in [1.82, 2.24) is 15.0 Å². The van der Waals surface area contributed by atoms with Crippen LogP contribution in [0.2, 0.25) is 0 Å². The van der Waals surface area contributed by atoms with Crippen molar-refractivity contribution in [3.8, 4) is 5.75 Å². The third-order valence-corrected chi connectivity index (χ3v) is 4.46. The number of hydrogen-bond donors (Lipinski definition) is 1. The first-order valence-electron chi connectivity index (χ1n) is 9.51. The van der Waals surface area contributed by atoms with Gasteiger partial charge in [-0.25, -0.2) is 4.98 Å². The quantitative estimate of drug-likeness (QED) is 0.497. The highest BCUT2D eigenvalue weighted by atomic mass is 16.5. The van der Waals surface area contributed by atoms with E-state index in [-0.39, 0.29) is 0 Å². The molecule has 4 rings (SSSR count). The van der Waals surface area contributed by atoms with Crippen molar-refractivity contribution in [2.75, 3.05) is 12.4 Å². The van der Waals surface area contributed by atoms with Gasteiger partial charge in [-0.3, -0.25) is 0 Å². The lowest BCUT2D eigenvalue weighted by molar-refractivity contribution is 0.415. The Balaban J connectivity index is 1.65. The minimum atomic E-state index is 0.533. The van der Waals surface area contributed by atoms with E-state index in [4.69, 9.17) is 9.72 Å². The van der Waals surface area contributed by atoms with Gasteiger partial charge in [-0.2, -0.15) is 9.97 Å². The van der Waals surface area contributed by atoms with Crippen molar-refractivity contribution in [1.29, 1.82) is 0 Å². The molecule has 0 saturated heterocycles. The molecule has 0 unspecified atom stereocenters. The lowest BCUT2D eigenvalue weighted by Gasteiger charge is -2.10. The van der Waals surface area contributed by atoms with Gasteiger partial charge in [-0.05, 0) is 23.3 Å². The maximum absolute atomic E-state index is 5.30. The Morgan fingerprint density at radius 2 is 1.28 bits per heavy atom. The van der Waals surface area contributed by atoms with Gasteiger partial charge < -0.3 is 10.1 Å². The molecule has 3 aromatic carbocycles. The van der Waals surface area contributed by atoms with Crippen LogP contribution in [-0.4, -0.2) is 22.1 Å². The molecule has 0 aliphatic carbocycles. The molecule has 5 nitrogen and oxygen atoms in total. The molecular weight excluding hydrogens is 360 g/mol. The molecule has 0 saturated carbocycles. The van der Waals surface area contributed by atoms with Gasteiger partial charge in [0.1, 0.15) is 17.4 Å². The van der Waals surface area contributed by atoms with Gasteiger partial charge in [0.2, 0.25) is 5.95 Å². The second-order valence-corrected chi connectivity index (χ2v) is 6.67. The predicted molar refractivity (Wildman–Crippen MR) is 115 cm³/mol. The first-order valence-corrected chi connectivity index (χ1v) is 9.51. The molecule has 5 heteroatoms. The molecule has 0 bridgehead atoms. The van der Waals surface area contributed by atoms with Gasteiger partial charge in [-0.1, -0.05) is 66.7 Å². The highest BCUT2D eigenvalue weighted by Gasteiger charge is 2.09. The van der Waals surface area contributed by atoms with E-state index in [0.29, 0.717) is 18.8 Å². The average molecular weight is 382 g/mol. The van der Waals surface area contributed by atoms with Crippen molar-refractivity contribution in [3.63, 3.8) is 0 Å². The fraction of sp³-hybridized carbons (Fsp3) is 0.125. The third-order valence-electron chi connectivity index (χ3n) is 4.46. The standard InChI is InChI=1S/C24H22N4O/c1-29-21-14-8-13-20(17-21)25-24-27-22(15-18-9-4-2-5-10-18)26-23(28-24)16-19-11-6-3-7-12-19/h2-14,17H,15-16H2,1H3,(H,25,26,27,28). The van der Waals surface area contributed by atoms with Crippen LogP contribution in [0.1, 0.15) is 22.8 Å². The maximum atomic E-state index is 5.30. The molecule has 0 radical (unpaired) electrons. The van der Waals surface area contributed by atoms with Crippen LogP contribution in [0.5, 0.6) is 5.75 Å². The number of benzene rings is 3. The number of ether oxygens (including phenoxy) is 1. The Morgan fingerprint density at radius 1 is 0.690 bits per heavy atom. The molecule has 1 aromatic heterocycles. The monoisotopic (exact) mass is 382 g/mol. The molecule has 29 heavy (non-hydrogen) atoms. The van der Waals surface area contributed by atoms with Gasteiger partial charge in [0.05, 0.1) is 7.11 Å². The van der Waals surface area contributed by atoms with E-state index in [1.165, 1.54) is 0 Å². The summed E-state index contributed by atoms with van der Waals surface area (Å²) in [7, 11) is 1.65. The Hall–Kier alpha value is -3.73. The number of aromatic nitrogens is 3. The Bertz CT molecular complexity index is 1010. The molecule has 1 heterocycles. The van der Waals surface area contributed by atoms with E-state index in [1.54, 1.807) is 7.11 Å². The largest absolute Gasteiger partial charge is 0.497 e. The second-order valence-electron chi connectivity index (χ2n) is 6.67. The highest BCUT2D eigenvalue weighted by Crippen LogP contribution is 2.20. The van der Waals surface area contributed by atoms with Crippen LogP contribution >= 0.6 is 0 Å². The number of nitrogens with zero attached hydrogens (tertiary/aromatic N) is 3. The summed E-state index contributed by atoms with van der Waals surface area (Å²) < 4.78 is 5.30. The predicted octanol–water partition coefficient (Wildman–Crippen LogP) is 4.81. The van der Waals surface area contributed by atoms with Crippen LogP contribution in [-0.2, 0) is 12.8 Å². The number of methoxy groups -OCH3 is 1. The van der Waals surface area contributed by atoms with Crippen LogP contribution in [0.25, 0.3) is 0 Å². The number of nitrogens with one attached hydrogen (secondary N) is 1. The minimum absolute atomic E-state index is 0.533. The van der Waals surface area contributed by atoms with Gasteiger partial charge in [0.15, 0.2) is 0 Å². The SMILES string of the molecule is COc1cccc(Nc2nc(Cc3ccccc3)nc(Cc3ccccc3)n2)c1. The van der Waals surface area contributed by atoms with E-state index in [1.807, 2.05) is 60.7 Å². The fourth-order valence-electron chi connectivity index (χ4n) is 3.07. The van der Waals surface area contributed by atoms with Crippen molar-refractivity contribution >= 4 is 11.6 Å². The molecule has 0 atom stereocenters. The third kappa shape index (κ3) is 5.17. The molecule has 0 spiro atoms. The first-order chi connectivity index (χ1) is 14.3. The minimum Gasteiger partial charge on any atom is -0.497 e. The van der Waals surface area contributed by atoms with E-state index in [9.17, 15) is 0 Å². The molecule has 0 aliphatic heterocycles. The van der Waals surface area contributed by atoms with Gasteiger partial charge in [0, 0.05) is 24.6 Å². The Labute approximate surface area is 170 Å². The summed E-state index contributed by atoms with van der Waals surface area (Å²) in [6.45, 7) is 0. The lowest BCUT2D eigenvalue weighted by atomic mass is 10.1. The summed E-state index contributed by atoms with van der Waals surface area (Å²) in [5.74, 6) is 2.79. The maximum Gasteiger partial charge on any atom is 0.230 e. The van der Waals surface area contributed by atoms with Crippen molar-refractivity contribution in [2.45, 2.75) is 12.8 Å². The van der Waals surface area contributed by atoms with E-state index in [0.717, 1.165) is 34.2 Å². The average Bonchev–Trinajstić information content (AvgIpc) is 2.75. The molecule has 0 amide bonds. The Morgan fingerprint density at radius 3 is 1.83 bits per heavy atom. The van der Waals surface area contributed by atoms with Gasteiger partial charge in [-0.15, -0.1) is 0 Å². The summed E-state index contributed by atoms with van der Waals surface area (Å²) in [5.41, 5.74) is 3.19. The van der Waals surface area contributed by atoms with Crippen LogP contribution in [0.4, 0.5) is 11.6 Å². The highest BCUT2D eigenvalue weighted by molar-refractivity contribution is 5.55. The topological polar surface area (TPSA) is 59.9 Å². The summed E-state index contributed by atoms with van der Waals surface area (Å²) in [6.07, 6.45) is 1.30. The second kappa shape index (κ2) is 8.97. The normalized spacial score (nSPS) is 10.5. The van der Waals surface area contributed by atoms with Crippen molar-refractivity contribution in [2.24, 2.45) is 0 Å². The molecule has 0 aliphatic rings. The van der Waals surface area contributed by atoms with Gasteiger partial charge in [0.25, 0.3) is 0 Å². The van der Waals surface area contributed by atoms with E-state index < -0.39 is 0 Å². The van der Waals surface area contributed by atoms with Crippen LogP contribution in [0.3, 0.4) is 0 Å².